The van der Waals surface area contributed by atoms with Crippen molar-refractivity contribution < 1.29 is 0 Å². The second-order valence-corrected chi connectivity index (χ2v) is 7.66. The molecule has 1 aromatic heterocycles. The lowest BCUT2D eigenvalue weighted by Gasteiger charge is -2.38. The van der Waals surface area contributed by atoms with Gasteiger partial charge in [0.15, 0.2) is 0 Å². The fourth-order valence-electron chi connectivity index (χ4n) is 3.67. The number of hydrogen-bond donors (Lipinski definition) is 1. The average molecular weight is 312 g/mol. The minimum absolute atomic E-state index is 0.525. The van der Waals surface area contributed by atoms with Crippen LogP contribution in [0.4, 0.5) is 0 Å². The van der Waals surface area contributed by atoms with Crippen LogP contribution in [0.15, 0.2) is 6.20 Å². The number of nitrogens with one attached hydrogen (secondary N) is 1. The van der Waals surface area contributed by atoms with E-state index in [0.29, 0.717) is 17.9 Å². The van der Waals surface area contributed by atoms with E-state index in [1.807, 2.05) is 11.7 Å². The Morgan fingerprint density at radius 1 is 1.33 bits per heavy atom. The Morgan fingerprint density at radius 2 is 2.05 bits per heavy atom. The Morgan fingerprint density at radius 3 is 2.57 bits per heavy atom. The molecule has 4 heteroatoms. The molecule has 1 aliphatic carbocycles. The third-order valence-corrected chi connectivity index (χ3v) is 5.35. The molecule has 0 aromatic carbocycles. The average Bonchev–Trinajstić information content (AvgIpc) is 2.75. The van der Waals surface area contributed by atoms with Crippen LogP contribution in [0, 0.1) is 17.8 Å². The van der Waals surface area contributed by atoms with Crippen molar-refractivity contribution in [3.8, 4) is 0 Å². The summed E-state index contributed by atoms with van der Waals surface area (Å²) in [5.41, 5.74) is 1.23. The highest BCUT2D eigenvalue weighted by Gasteiger charge is 2.35. The van der Waals surface area contributed by atoms with Crippen molar-refractivity contribution >= 4 is 11.6 Å². The van der Waals surface area contributed by atoms with Crippen molar-refractivity contribution in [3.63, 3.8) is 0 Å². The zero-order valence-electron chi connectivity index (χ0n) is 14.1. The second-order valence-electron chi connectivity index (χ2n) is 7.25. The van der Waals surface area contributed by atoms with Gasteiger partial charge in [-0.3, -0.25) is 4.68 Å². The summed E-state index contributed by atoms with van der Waals surface area (Å²) in [6, 6.07) is 0.537. The van der Waals surface area contributed by atoms with Gasteiger partial charge in [-0.25, -0.2) is 0 Å². The predicted molar refractivity (Wildman–Crippen MR) is 89.8 cm³/mol. The third kappa shape index (κ3) is 4.01. The Bertz CT molecular complexity index is 433. The quantitative estimate of drug-likeness (QED) is 0.882. The molecule has 0 amide bonds. The minimum Gasteiger partial charge on any atom is -0.314 e. The molecule has 120 valence electrons. The SMILES string of the molecule is CC(C)NCC1CCC(C(C)C)CC1c1c(Cl)cnn1C. The molecule has 1 fully saturated rings. The van der Waals surface area contributed by atoms with Crippen molar-refractivity contribution in [1.82, 2.24) is 15.1 Å². The number of rotatable bonds is 5. The lowest BCUT2D eigenvalue weighted by atomic mass is 9.69. The van der Waals surface area contributed by atoms with E-state index in [9.17, 15) is 0 Å². The predicted octanol–water partition coefficient (Wildman–Crippen LogP) is 4.23. The van der Waals surface area contributed by atoms with Gasteiger partial charge >= 0.3 is 0 Å². The van der Waals surface area contributed by atoms with E-state index in [1.165, 1.54) is 25.0 Å². The van der Waals surface area contributed by atoms with Gasteiger partial charge < -0.3 is 5.32 Å². The molecule has 0 saturated heterocycles. The van der Waals surface area contributed by atoms with Gasteiger partial charge in [0.2, 0.25) is 0 Å². The van der Waals surface area contributed by atoms with Gasteiger partial charge in [0, 0.05) is 19.0 Å². The highest BCUT2D eigenvalue weighted by atomic mass is 35.5. The molecule has 3 unspecified atom stereocenters. The van der Waals surface area contributed by atoms with Gasteiger partial charge in [0.05, 0.1) is 16.9 Å². The minimum atomic E-state index is 0.525. The van der Waals surface area contributed by atoms with Crippen LogP contribution in [0.1, 0.15) is 58.6 Å². The molecule has 3 nitrogen and oxygen atoms in total. The van der Waals surface area contributed by atoms with Crippen LogP contribution in [-0.4, -0.2) is 22.4 Å². The Labute approximate surface area is 134 Å². The van der Waals surface area contributed by atoms with Crippen molar-refractivity contribution in [3.05, 3.63) is 16.9 Å². The van der Waals surface area contributed by atoms with Crippen LogP contribution in [0.2, 0.25) is 5.02 Å². The summed E-state index contributed by atoms with van der Waals surface area (Å²) in [4.78, 5) is 0. The molecular formula is C17H30ClN3. The fraction of sp³-hybridized carbons (Fsp3) is 0.824. The van der Waals surface area contributed by atoms with Crippen LogP contribution in [0.5, 0.6) is 0 Å². The van der Waals surface area contributed by atoms with E-state index in [-0.39, 0.29) is 0 Å². The normalized spacial score (nSPS) is 26.8. The van der Waals surface area contributed by atoms with E-state index in [2.05, 4.69) is 38.1 Å². The third-order valence-electron chi connectivity index (χ3n) is 5.05. The molecule has 3 atom stereocenters. The number of aromatic nitrogens is 2. The first kappa shape index (κ1) is 16.8. The number of nitrogens with zero attached hydrogens (tertiary/aromatic N) is 2. The van der Waals surface area contributed by atoms with Crippen LogP contribution in [0.3, 0.4) is 0 Å². The van der Waals surface area contributed by atoms with E-state index in [4.69, 9.17) is 11.6 Å². The zero-order chi connectivity index (χ0) is 15.6. The van der Waals surface area contributed by atoms with Crippen LogP contribution < -0.4 is 5.32 Å². The summed E-state index contributed by atoms with van der Waals surface area (Å²) in [5, 5.41) is 8.81. The van der Waals surface area contributed by atoms with E-state index in [1.54, 1.807) is 6.20 Å². The Kier molecular flexibility index (Phi) is 5.73. The van der Waals surface area contributed by atoms with Crippen LogP contribution >= 0.6 is 11.6 Å². The molecule has 0 radical (unpaired) electrons. The lowest BCUT2D eigenvalue weighted by molar-refractivity contribution is 0.183. The molecule has 1 heterocycles. The summed E-state index contributed by atoms with van der Waals surface area (Å²) in [6.07, 6.45) is 5.66. The highest BCUT2D eigenvalue weighted by Crippen LogP contribution is 2.44. The number of hydrogen-bond acceptors (Lipinski definition) is 2. The Hall–Kier alpha value is -0.540. The zero-order valence-corrected chi connectivity index (χ0v) is 14.8. The van der Waals surface area contributed by atoms with Crippen molar-refractivity contribution in [2.75, 3.05) is 6.54 Å². The summed E-state index contributed by atoms with van der Waals surface area (Å²) < 4.78 is 1.98. The number of halogens is 1. The summed E-state index contributed by atoms with van der Waals surface area (Å²) in [5.74, 6) is 2.74. The molecule has 1 aliphatic rings. The molecule has 1 aromatic rings. The molecule has 1 N–H and O–H groups in total. The first-order valence-electron chi connectivity index (χ1n) is 8.30. The molecule has 1 saturated carbocycles. The van der Waals surface area contributed by atoms with Crippen LogP contribution in [0.25, 0.3) is 0 Å². The molecule has 0 bridgehead atoms. The molecule has 0 spiro atoms. The number of aryl methyl sites for hydroxylation is 1. The maximum Gasteiger partial charge on any atom is 0.0820 e. The Balaban J connectivity index is 2.20. The van der Waals surface area contributed by atoms with Crippen molar-refractivity contribution in [2.24, 2.45) is 24.8 Å². The first-order chi connectivity index (χ1) is 9.90. The highest BCUT2D eigenvalue weighted by molar-refractivity contribution is 6.31. The molecule has 2 rings (SSSR count). The van der Waals surface area contributed by atoms with E-state index < -0.39 is 0 Å². The summed E-state index contributed by atoms with van der Waals surface area (Å²) in [7, 11) is 2.02. The maximum atomic E-state index is 6.43. The van der Waals surface area contributed by atoms with Gasteiger partial charge in [-0.2, -0.15) is 5.10 Å². The van der Waals surface area contributed by atoms with Gasteiger partial charge in [-0.05, 0) is 43.6 Å². The topological polar surface area (TPSA) is 29.9 Å². The molecular weight excluding hydrogens is 282 g/mol. The van der Waals surface area contributed by atoms with Crippen LogP contribution in [-0.2, 0) is 7.05 Å². The maximum absolute atomic E-state index is 6.43. The molecule has 0 aliphatic heterocycles. The van der Waals surface area contributed by atoms with E-state index >= 15 is 0 Å². The summed E-state index contributed by atoms with van der Waals surface area (Å²) >= 11 is 6.43. The first-order valence-corrected chi connectivity index (χ1v) is 8.68. The second kappa shape index (κ2) is 7.15. The lowest BCUT2D eigenvalue weighted by Crippen LogP contribution is -2.36. The van der Waals surface area contributed by atoms with Gasteiger partial charge in [-0.1, -0.05) is 39.3 Å². The van der Waals surface area contributed by atoms with Crippen molar-refractivity contribution in [2.45, 2.75) is 58.9 Å². The van der Waals surface area contributed by atoms with Gasteiger partial charge in [-0.15, -0.1) is 0 Å². The smallest absolute Gasteiger partial charge is 0.0820 e. The largest absolute Gasteiger partial charge is 0.314 e. The molecule has 21 heavy (non-hydrogen) atoms. The van der Waals surface area contributed by atoms with Gasteiger partial charge in [0.1, 0.15) is 0 Å². The standard InChI is InChI=1S/C17H30ClN3/c1-11(2)13-6-7-14(9-19-12(3)4)15(8-13)17-16(18)10-20-21(17)5/h10-15,19H,6-9H2,1-5H3. The monoisotopic (exact) mass is 311 g/mol. The summed E-state index contributed by atoms with van der Waals surface area (Å²) in [6.45, 7) is 10.2. The van der Waals surface area contributed by atoms with E-state index in [0.717, 1.165) is 23.4 Å². The fourth-order valence-corrected chi connectivity index (χ4v) is 3.98. The van der Waals surface area contributed by atoms with Crippen molar-refractivity contribution in [1.29, 1.82) is 0 Å². The van der Waals surface area contributed by atoms with Gasteiger partial charge in [0.25, 0.3) is 0 Å².